The number of rotatable bonds is 14. The molecule has 32 heavy (non-hydrogen) atoms. The van der Waals surface area contributed by atoms with Gasteiger partial charge in [0, 0.05) is 18.7 Å². The molecule has 1 aliphatic heterocycles. The van der Waals surface area contributed by atoms with Crippen molar-refractivity contribution in [1.82, 2.24) is 15.5 Å². The van der Waals surface area contributed by atoms with E-state index >= 15 is 0 Å². The highest BCUT2D eigenvalue weighted by atomic mass is 32.1. The number of unbranched alkanes of at least 4 members (excludes halogenated alkanes) is 1. The second-order valence-electron chi connectivity index (χ2n) is 7.66. The zero-order chi connectivity index (χ0) is 24.3. The van der Waals surface area contributed by atoms with Crippen molar-refractivity contribution < 1.29 is 34.2 Å². The first-order chi connectivity index (χ1) is 15.1. The summed E-state index contributed by atoms with van der Waals surface area (Å²) >= 11 is 3.92. The van der Waals surface area contributed by atoms with E-state index < -0.39 is 53.8 Å². The molecule has 182 valence electrons. The van der Waals surface area contributed by atoms with Crippen LogP contribution in [0.5, 0.6) is 0 Å². The predicted octanol–water partition coefficient (Wildman–Crippen LogP) is -1.72. The molecule has 4 unspecified atom stereocenters. The van der Waals surface area contributed by atoms with E-state index in [1.165, 1.54) is 4.90 Å². The van der Waals surface area contributed by atoms with Gasteiger partial charge in [0.25, 0.3) is 0 Å². The first kappa shape index (κ1) is 27.7. The number of amides is 3. The van der Waals surface area contributed by atoms with Crippen LogP contribution in [0.1, 0.15) is 44.9 Å². The van der Waals surface area contributed by atoms with Gasteiger partial charge in [-0.3, -0.25) is 19.2 Å². The number of carboxylic acid groups (broad SMARTS) is 2. The van der Waals surface area contributed by atoms with Gasteiger partial charge in [0.15, 0.2) is 0 Å². The zero-order valence-corrected chi connectivity index (χ0v) is 18.8. The van der Waals surface area contributed by atoms with Crippen LogP contribution >= 0.6 is 12.6 Å². The van der Waals surface area contributed by atoms with Gasteiger partial charge in [-0.05, 0) is 45.1 Å². The van der Waals surface area contributed by atoms with E-state index in [0.29, 0.717) is 32.2 Å². The number of carboxylic acids is 2. The van der Waals surface area contributed by atoms with E-state index in [1.54, 1.807) is 0 Å². The molecule has 0 saturated carbocycles. The fourth-order valence-corrected chi connectivity index (χ4v) is 3.64. The summed E-state index contributed by atoms with van der Waals surface area (Å²) in [6.07, 6.45) is 1.97. The number of nitrogens with zero attached hydrogens (tertiary/aromatic N) is 1. The second-order valence-corrected chi connectivity index (χ2v) is 8.02. The molecule has 1 rings (SSSR count). The summed E-state index contributed by atoms with van der Waals surface area (Å²) in [5, 5.41) is 22.8. The van der Waals surface area contributed by atoms with Crippen LogP contribution in [-0.2, 0) is 24.0 Å². The quantitative estimate of drug-likeness (QED) is 0.113. The van der Waals surface area contributed by atoms with E-state index in [1.807, 2.05) is 0 Å². The Bertz CT molecular complexity index is 693. The lowest BCUT2D eigenvalue weighted by molar-refractivity contribution is -0.144. The number of hydrogen-bond donors (Lipinski definition) is 7. The first-order valence-electron chi connectivity index (χ1n) is 10.5. The normalized spacial score (nSPS) is 18.5. The van der Waals surface area contributed by atoms with Gasteiger partial charge in [-0.2, -0.15) is 12.6 Å². The van der Waals surface area contributed by atoms with Gasteiger partial charge in [0.2, 0.25) is 17.7 Å². The van der Waals surface area contributed by atoms with Crippen molar-refractivity contribution in [1.29, 1.82) is 0 Å². The Balaban J connectivity index is 2.89. The Morgan fingerprint density at radius 3 is 2.31 bits per heavy atom. The summed E-state index contributed by atoms with van der Waals surface area (Å²) in [4.78, 5) is 61.5. The number of hydrogen-bond acceptors (Lipinski definition) is 8. The number of thiol groups is 1. The topological polar surface area (TPSA) is 205 Å². The minimum atomic E-state index is -1.23. The van der Waals surface area contributed by atoms with Crippen molar-refractivity contribution >= 4 is 42.3 Å². The molecule has 0 aromatic rings. The van der Waals surface area contributed by atoms with Crippen molar-refractivity contribution in [3.05, 3.63) is 0 Å². The van der Waals surface area contributed by atoms with Gasteiger partial charge in [-0.25, -0.2) is 4.79 Å². The van der Waals surface area contributed by atoms with E-state index in [0.717, 1.165) is 0 Å². The van der Waals surface area contributed by atoms with Crippen LogP contribution in [-0.4, -0.2) is 87.8 Å². The molecule has 1 fully saturated rings. The average molecular weight is 476 g/mol. The smallest absolute Gasteiger partial charge is 0.327 e. The highest BCUT2D eigenvalue weighted by Crippen LogP contribution is 2.20. The third-order valence-electron chi connectivity index (χ3n) is 5.20. The van der Waals surface area contributed by atoms with E-state index in [2.05, 4.69) is 23.3 Å². The molecule has 0 aromatic carbocycles. The second kappa shape index (κ2) is 13.9. The molecule has 13 heteroatoms. The number of nitrogens with one attached hydrogen (secondary N) is 2. The maximum Gasteiger partial charge on any atom is 0.327 e. The van der Waals surface area contributed by atoms with Gasteiger partial charge in [0.05, 0.1) is 6.04 Å². The Labute approximate surface area is 191 Å². The van der Waals surface area contributed by atoms with Gasteiger partial charge in [-0.1, -0.05) is 0 Å². The molecule has 0 radical (unpaired) electrons. The Morgan fingerprint density at radius 1 is 1.06 bits per heavy atom. The van der Waals surface area contributed by atoms with Crippen molar-refractivity contribution in [2.75, 3.05) is 18.8 Å². The summed E-state index contributed by atoms with van der Waals surface area (Å²) in [5.41, 5.74) is 11.3. The van der Waals surface area contributed by atoms with Gasteiger partial charge in [-0.15, -0.1) is 0 Å². The molecule has 4 atom stereocenters. The molecule has 1 saturated heterocycles. The standard InChI is InChI=1S/C19H33N5O7S/c20-8-2-1-4-12(22-16(27)11(21)6-7-15(25)26)18(29)24-9-3-5-14(24)17(28)23-13(10-32)19(30)31/h11-14,32H,1-10,20-21H2,(H,22,27)(H,23,28)(H,25,26)(H,30,31). The molecular formula is C19H33N5O7S. The van der Waals surface area contributed by atoms with Crippen LogP contribution in [0, 0.1) is 0 Å². The van der Waals surface area contributed by atoms with Crippen LogP contribution in [0.2, 0.25) is 0 Å². The van der Waals surface area contributed by atoms with Crippen LogP contribution < -0.4 is 22.1 Å². The SMILES string of the molecule is NCCCCC(NC(=O)C(N)CCC(=O)O)C(=O)N1CCCC1C(=O)NC(CS)C(=O)O. The lowest BCUT2D eigenvalue weighted by Gasteiger charge is -2.30. The van der Waals surface area contributed by atoms with E-state index in [-0.39, 0.29) is 31.6 Å². The third kappa shape index (κ3) is 8.63. The fourth-order valence-electron chi connectivity index (χ4n) is 3.40. The molecule has 12 nitrogen and oxygen atoms in total. The molecule has 8 N–H and O–H groups in total. The molecule has 0 aliphatic carbocycles. The average Bonchev–Trinajstić information content (AvgIpc) is 3.24. The van der Waals surface area contributed by atoms with Crippen LogP contribution in [0.25, 0.3) is 0 Å². The minimum absolute atomic E-state index is 0.0834. The summed E-state index contributed by atoms with van der Waals surface area (Å²) in [6, 6.07) is -4.10. The first-order valence-corrected chi connectivity index (χ1v) is 11.2. The number of likely N-dealkylation sites (tertiary alicyclic amines) is 1. The van der Waals surface area contributed by atoms with Crippen LogP contribution in [0.15, 0.2) is 0 Å². The molecule has 0 bridgehead atoms. The Kier molecular flexibility index (Phi) is 12.0. The molecule has 0 aromatic heterocycles. The molecule has 1 heterocycles. The monoisotopic (exact) mass is 475 g/mol. The summed E-state index contributed by atoms with van der Waals surface area (Å²) in [5.74, 6) is -4.15. The molecule has 3 amide bonds. The fraction of sp³-hybridized carbons (Fsp3) is 0.737. The molecule has 1 aliphatic rings. The van der Waals surface area contributed by atoms with Crippen molar-refractivity contribution in [3.63, 3.8) is 0 Å². The lowest BCUT2D eigenvalue weighted by atomic mass is 10.1. The lowest BCUT2D eigenvalue weighted by Crippen LogP contribution is -2.57. The molecular weight excluding hydrogens is 442 g/mol. The van der Waals surface area contributed by atoms with Gasteiger partial charge < -0.3 is 37.2 Å². The highest BCUT2D eigenvalue weighted by Gasteiger charge is 2.38. The minimum Gasteiger partial charge on any atom is -0.481 e. The Morgan fingerprint density at radius 2 is 1.75 bits per heavy atom. The van der Waals surface area contributed by atoms with Crippen LogP contribution in [0.4, 0.5) is 0 Å². The number of carbonyl (C=O) groups is 5. The largest absolute Gasteiger partial charge is 0.481 e. The van der Waals surface area contributed by atoms with Gasteiger partial charge >= 0.3 is 11.9 Å². The van der Waals surface area contributed by atoms with Crippen molar-refractivity contribution in [2.24, 2.45) is 11.5 Å². The third-order valence-corrected chi connectivity index (χ3v) is 5.57. The number of carbonyl (C=O) groups excluding carboxylic acids is 3. The Hall–Kier alpha value is -2.38. The maximum atomic E-state index is 13.2. The summed E-state index contributed by atoms with van der Waals surface area (Å²) in [6.45, 7) is 0.686. The van der Waals surface area contributed by atoms with Crippen molar-refractivity contribution in [2.45, 2.75) is 69.1 Å². The van der Waals surface area contributed by atoms with E-state index in [9.17, 15) is 24.0 Å². The van der Waals surface area contributed by atoms with E-state index in [4.69, 9.17) is 21.7 Å². The molecule has 0 spiro atoms. The predicted molar refractivity (Wildman–Crippen MR) is 118 cm³/mol. The summed E-state index contributed by atoms with van der Waals surface area (Å²) < 4.78 is 0. The number of nitrogens with two attached hydrogens (primary N) is 2. The van der Waals surface area contributed by atoms with Gasteiger partial charge in [0.1, 0.15) is 18.1 Å². The van der Waals surface area contributed by atoms with Crippen molar-refractivity contribution in [3.8, 4) is 0 Å². The zero-order valence-electron chi connectivity index (χ0n) is 17.9. The maximum absolute atomic E-state index is 13.2. The highest BCUT2D eigenvalue weighted by molar-refractivity contribution is 7.80. The number of aliphatic carboxylic acids is 2. The van der Waals surface area contributed by atoms with Crippen LogP contribution in [0.3, 0.4) is 0 Å². The summed E-state index contributed by atoms with van der Waals surface area (Å²) in [7, 11) is 0.